The molecule has 0 aromatic heterocycles. The molecule has 1 heterocycles. The number of halogens is 1. The Balaban J connectivity index is 1.51. The predicted molar refractivity (Wildman–Crippen MR) is 167 cm³/mol. The largest absolute Gasteiger partial charge is 0.495 e. The van der Waals surface area contributed by atoms with Crippen molar-refractivity contribution >= 4 is 23.8 Å². The molecule has 3 aromatic carbocycles. The number of hydroxylamine groups is 3. The third-order valence-corrected chi connectivity index (χ3v) is 7.72. The molecule has 1 saturated heterocycles. The van der Waals surface area contributed by atoms with E-state index in [0.29, 0.717) is 19.3 Å². The van der Waals surface area contributed by atoms with Gasteiger partial charge in [-0.05, 0) is 49.2 Å². The number of likely N-dealkylation sites (tertiary alicyclic amines) is 1. The van der Waals surface area contributed by atoms with E-state index in [9.17, 15) is 28.7 Å². The monoisotopic (exact) mass is 684 g/mol. The molecule has 15 heteroatoms. The third-order valence-electron chi connectivity index (χ3n) is 7.72. The molecule has 14 nitrogen and oxygen atoms in total. The summed E-state index contributed by atoms with van der Waals surface area (Å²) in [4.78, 5) is 57.9. The number of quaternary nitrogens is 1. The lowest BCUT2D eigenvalue weighted by Crippen LogP contribution is -2.63. The SMILES string of the molecule is COCOc1cccc(F)c1C(=O)c1ccc(C(=O)O[N+]2(C(=O)[O-])CCCCC(NC(=O)c3cc(OC)c(OCOC)c(OC)c3)C2)cc1. The van der Waals surface area contributed by atoms with Gasteiger partial charge in [0.15, 0.2) is 30.9 Å². The Kier molecular flexibility index (Phi) is 12.5. The minimum absolute atomic E-state index is 0.0232. The van der Waals surface area contributed by atoms with Crippen molar-refractivity contribution in [1.29, 1.82) is 0 Å². The maximum absolute atomic E-state index is 14.6. The Labute approximate surface area is 281 Å². The summed E-state index contributed by atoms with van der Waals surface area (Å²) in [6.45, 7) is -0.735. The van der Waals surface area contributed by atoms with Crippen molar-refractivity contribution in [1.82, 2.24) is 5.32 Å². The summed E-state index contributed by atoms with van der Waals surface area (Å²) >= 11 is 0. The fourth-order valence-electron chi connectivity index (χ4n) is 5.32. The smallest absolute Gasteiger partial charge is 0.398 e. The highest BCUT2D eigenvalue weighted by Crippen LogP contribution is 2.38. The van der Waals surface area contributed by atoms with E-state index in [4.69, 9.17) is 33.3 Å². The average Bonchev–Trinajstić information content (AvgIpc) is 3.31. The number of rotatable bonds is 13. The predicted octanol–water partition coefficient (Wildman–Crippen LogP) is 3.25. The summed E-state index contributed by atoms with van der Waals surface area (Å²) in [5.74, 6) is -2.47. The first-order valence-corrected chi connectivity index (χ1v) is 15.1. The van der Waals surface area contributed by atoms with Crippen LogP contribution in [-0.4, -0.2) is 89.6 Å². The molecule has 262 valence electrons. The number of nitrogens with one attached hydrogen (secondary N) is 1. The average molecular weight is 685 g/mol. The lowest BCUT2D eigenvalue weighted by Gasteiger charge is -2.34. The number of nitrogens with zero attached hydrogens (tertiary/aromatic N) is 1. The molecule has 1 aliphatic heterocycles. The molecule has 0 saturated carbocycles. The van der Waals surface area contributed by atoms with Gasteiger partial charge in [-0.25, -0.2) is 9.18 Å². The van der Waals surface area contributed by atoms with Crippen LogP contribution in [0.4, 0.5) is 9.18 Å². The molecule has 1 fully saturated rings. The Morgan fingerprint density at radius 1 is 0.837 bits per heavy atom. The van der Waals surface area contributed by atoms with Gasteiger partial charge in [-0.15, -0.1) is 0 Å². The highest BCUT2D eigenvalue weighted by molar-refractivity contribution is 6.11. The van der Waals surface area contributed by atoms with Crippen molar-refractivity contribution in [2.75, 3.05) is 55.1 Å². The molecule has 4 rings (SSSR count). The lowest BCUT2D eigenvalue weighted by atomic mass is 10.0. The second-order valence-corrected chi connectivity index (χ2v) is 10.9. The summed E-state index contributed by atoms with van der Waals surface area (Å²) in [6, 6.07) is 11.1. The zero-order valence-corrected chi connectivity index (χ0v) is 27.4. The number of ether oxygens (including phenoxy) is 6. The van der Waals surface area contributed by atoms with Gasteiger partial charge in [0.25, 0.3) is 5.91 Å². The zero-order chi connectivity index (χ0) is 35.6. The summed E-state index contributed by atoms with van der Waals surface area (Å²) in [5, 5.41) is 15.4. The minimum Gasteiger partial charge on any atom is -0.495 e. The molecule has 0 bridgehead atoms. The van der Waals surface area contributed by atoms with Crippen molar-refractivity contribution in [3.05, 3.63) is 82.7 Å². The molecule has 2 atom stereocenters. The molecule has 3 aromatic rings. The van der Waals surface area contributed by atoms with Crippen LogP contribution in [0.15, 0.2) is 54.6 Å². The van der Waals surface area contributed by atoms with E-state index in [1.165, 1.54) is 77.0 Å². The normalized spacial score (nSPS) is 17.3. The van der Waals surface area contributed by atoms with Crippen LogP contribution in [0.25, 0.3) is 0 Å². The van der Waals surface area contributed by atoms with Crippen molar-refractivity contribution in [2.24, 2.45) is 0 Å². The fourth-order valence-corrected chi connectivity index (χ4v) is 5.32. The lowest BCUT2D eigenvalue weighted by molar-refractivity contribution is -1.04. The van der Waals surface area contributed by atoms with Crippen molar-refractivity contribution in [2.45, 2.75) is 25.3 Å². The molecular formula is C34H37FN2O12. The second-order valence-electron chi connectivity index (χ2n) is 10.9. The number of carbonyl (C=O) groups excluding carboxylic acids is 4. The van der Waals surface area contributed by atoms with E-state index in [1.54, 1.807) is 0 Å². The van der Waals surface area contributed by atoms with Gasteiger partial charge < -0.3 is 43.6 Å². The number of carboxylic acid groups (broad SMARTS) is 1. The molecule has 1 aliphatic rings. The Hall–Kier alpha value is -5.25. The van der Waals surface area contributed by atoms with Crippen molar-refractivity contribution in [3.63, 3.8) is 0 Å². The van der Waals surface area contributed by atoms with E-state index in [1.807, 2.05) is 0 Å². The molecule has 1 N–H and O–H groups in total. The summed E-state index contributed by atoms with van der Waals surface area (Å²) in [6.07, 6.45) is -0.407. The van der Waals surface area contributed by atoms with Crippen LogP contribution in [0.3, 0.4) is 0 Å². The van der Waals surface area contributed by atoms with Crippen LogP contribution < -0.4 is 29.4 Å². The number of methoxy groups -OCH3 is 4. The molecule has 0 aliphatic carbocycles. The molecule has 0 spiro atoms. The molecule has 2 unspecified atom stereocenters. The number of hydrogen-bond acceptors (Lipinski definition) is 12. The summed E-state index contributed by atoms with van der Waals surface area (Å²) < 4.78 is 44.8. The highest BCUT2D eigenvalue weighted by atomic mass is 19.1. The van der Waals surface area contributed by atoms with E-state index >= 15 is 0 Å². The van der Waals surface area contributed by atoms with Crippen LogP contribution in [0.5, 0.6) is 23.0 Å². The van der Waals surface area contributed by atoms with Crippen LogP contribution in [0, 0.1) is 5.82 Å². The first-order chi connectivity index (χ1) is 23.6. The Bertz CT molecular complexity index is 1640. The van der Waals surface area contributed by atoms with Crippen LogP contribution in [-0.2, 0) is 14.3 Å². The van der Waals surface area contributed by atoms with Crippen molar-refractivity contribution < 1.29 is 66.6 Å². The van der Waals surface area contributed by atoms with Crippen LogP contribution in [0.1, 0.15) is 55.9 Å². The van der Waals surface area contributed by atoms with Gasteiger partial charge in [-0.1, -0.05) is 22.8 Å². The van der Waals surface area contributed by atoms with Crippen LogP contribution in [0.2, 0.25) is 0 Å². The molecule has 2 amide bonds. The molecule has 49 heavy (non-hydrogen) atoms. The number of hydrogen-bond donors (Lipinski definition) is 1. The zero-order valence-electron chi connectivity index (χ0n) is 27.4. The van der Waals surface area contributed by atoms with Gasteiger partial charge in [0.05, 0.1) is 25.8 Å². The van der Waals surface area contributed by atoms with E-state index in [0.717, 1.165) is 6.07 Å². The number of benzene rings is 3. The number of carbonyl (C=O) groups is 4. The quantitative estimate of drug-likeness (QED) is 0.159. The maximum atomic E-state index is 14.6. The first kappa shape index (κ1) is 36.6. The fraction of sp³-hybridized carbons (Fsp3) is 0.353. The molecular weight excluding hydrogens is 647 g/mol. The third kappa shape index (κ3) is 8.62. The summed E-state index contributed by atoms with van der Waals surface area (Å²) in [5.41, 5.74) is -0.203. The number of amides is 2. The van der Waals surface area contributed by atoms with Crippen LogP contribution >= 0.6 is 0 Å². The Morgan fingerprint density at radius 2 is 1.47 bits per heavy atom. The van der Waals surface area contributed by atoms with Gasteiger partial charge in [0.1, 0.15) is 30.2 Å². The van der Waals surface area contributed by atoms with E-state index in [2.05, 4.69) is 5.32 Å². The first-order valence-electron chi connectivity index (χ1n) is 15.1. The van der Waals surface area contributed by atoms with Gasteiger partial charge in [0.2, 0.25) is 5.75 Å². The van der Waals surface area contributed by atoms with Gasteiger partial charge in [-0.2, -0.15) is 0 Å². The van der Waals surface area contributed by atoms with Gasteiger partial charge in [0, 0.05) is 31.8 Å². The van der Waals surface area contributed by atoms with Gasteiger partial charge >= 0.3 is 12.1 Å². The summed E-state index contributed by atoms with van der Waals surface area (Å²) in [7, 11) is 5.61. The highest BCUT2D eigenvalue weighted by Gasteiger charge is 2.42. The van der Waals surface area contributed by atoms with E-state index < -0.39 is 40.3 Å². The minimum atomic E-state index is -1.67. The number of ketones is 1. The van der Waals surface area contributed by atoms with E-state index in [-0.39, 0.29) is 71.9 Å². The maximum Gasteiger partial charge on any atom is 0.398 e. The standard InChI is InChI=1S/C34H37FN2O12/c1-43-19-47-26-10-7-9-25(35)29(26)30(38)21-11-13-22(14-12-21)33(40)49-37(34(41)42)15-6-5-8-24(18-37)36-32(39)23-16-27(45-3)31(48-20-44-2)28(17-23)46-4/h7,9-14,16-17,24H,5-6,8,15,18-20H2,1-4H3,(H-,36,39,41,42). The van der Waals surface area contributed by atoms with Crippen molar-refractivity contribution in [3.8, 4) is 23.0 Å². The van der Waals surface area contributed by atoms with Gasteiger partial charge in [-0.3, -0.25) is 14.4 Å². The topological polar surface area (TPSA) is 168 Å². The second kappa shape index (κ2) is 16.7. The Morgan fingerprint density at radius 3 is 2.08 bits per heavy atom. The molecule has 0 radical (unpaired) electrons.